The van der Waals surface area contributed by atoms with Gasteiger partial charge >= 0.3 is 11.9 Å². The third-order valence-corrected chi connectivity index (χ3v) is 3.90. The molecule has 8 nitrogen and oxygen atoms in total. The Hall–Kier alpha value is -2.12. The van der Waals surface area contributed by atoms with E-state index in [4.69, 9.17) is 15.2 Å². The highest BCUT2D eigenvalue weighted by Gasteiger charge is 2.28. The highest BCUT2D eigenvalue weighted by atomic mass is 16.5. The van der Waals surface area contributed by atoms with Gasteiger partial charge in [0, 0.05) is 0 Å². The third-order valence-electron chi connectivity index (χ3n) is 3.90. The molecule has 0 radical (unpaired) electrons. The predicted molar refractivity (Wildman–Crippen MR) is 78.1 cm³/mol. The summed E-state index contributed by atoms with van der Waals surface area (Å²) in [6, 6.07) is -0.700. The second-order valence-corrected chi connectivity index (χ2v) is 5.38. The maximum absolute atomic E-state index is 12.2. The first-order chi connectivity index (χ1) is 10.6. The fourth-order valence-corrected chi connectivity index (χ4v) is 2.64. The van der Waals surface area contributed by atoms with Gasteiger partial charge in [0.2, 0.25) is 5.69 Å². The van der Waals surface area contributed by atoms with E-state index in [1.165, 1.54) is 18.2 Å². The Kier molecular flexibility index (Phi) is 5.35. The molecule has 22 heavy (non-hydrogen) atoms. The summed E-state index contributed by atoms with van der Waals surface area (Å²) in [5.74, 6) is -1.04. The molecule has 1 unspecified atom stereocenters. The van der Waals surface area contributed by atoms with Crippen molar-refractivity contribution in [2.45, 2.75) is 57.6 Å². The number of nitrogens with two attached hydrogens (primary N) is 1. The zero-order valence-electron chi connectivity index (χ0n) is 12.9. The number of hydrogen-bond donors (Lipinski definition) is 1. The Balaban J connectivity index is 2.12. The Morgan fingerprint density at radius 2 is 2.05 bits per heavy atom. The summed E-state index contributed by atoms with van der Waals surface area (Å²) in [6.07, 6.45) is 5.34. The van der Waals surface area contributed by atoms with Crippen molar-refractivity contribution in [1.29, 1.82) is 0 Å². The molecular formula is C14H22N4O4. The van der Waals surface area contributed by atoms with Crippen molar-refractivity contribution < 1.29 is 19.1 Å². The molecule has 0 bridgehead atoms. The van der Waals surface area contributed by atoms with Crippen molar-refractivity contribution in [1.82, 2.24) is 15.0 Å². The van der Waals surface area contributed by atoms with Crippen molar-refractivity contribution in [3.63, 3.8) is 0 Å². The van der Waals surface area contributed by atoms with E-state index in [-0.39, 0.29) is 17.6 Å². The normalized spacial score (nSPS) is 17.0. The van der Waals surface area contributed by atoms with Crippen LogP contribution in [0.1, 0.15) is 62.0 Å². The lowest BCUT2D eigenvalue weighted by atomic mass is 9.98. The van der Waals surface area contributed by atoms with E-state index in [9.17, 15) is 9.59 Å². The maximum Gasteiger partial charge on any atom is 0.363 e. The lowest BCUT2D eigenvalue weighted by Crippen LogP contribution is -2.24. The predicted octanol–water partition coefficient (Wildman–Crippen LogP) is 1.47. The van der Waals surface area contributed by atoms with E-state index in [2.05, 4.69) is 10.3 Å². The van der Waals surface area contributed by atoms with Gasteiger partial charge in [0.1, 0.15) is 6.10 Å². The number of rotatable bonds is 5. The van der Waals surface area contributed by atoms with Crippen LogP contribution in [0.15, 0.2) is 0 Å². The zero-order valence-corrected chi connectivity index (χ0v) is 12.9. The first kappa shape index (κ1) is 16.3. The SMILES string of the molecule is CCC(C(=O)OC)n1nnc(C(=O)OC2CCCCC2)c1N. The minimum Gasteiger partial charge on any atom is -0.467 e. The maximum atomic E-state index is 12.2. The summed E-state index contributed by atoms with van der Waals surface area (Å²) in [5.41, 5.74) is 5.86. The van der Waals surface area contributed by atoms with Crippen molar-refractivity contribution >= 4 is 17.8 Å². The van der Waals surface area contributed by atoms with Gasteiger partial charge < -0.3 is 15.2 Å². The van der Waals surface area contributed by atoms with Crippen LogP contribution in [0.2, 0.25) is 0 Å². The Bertz CT molecular complexity index is 537. The molecule has 122 valence electrons. The molecule has 0 amide bonds. The van der Waals surface area contributed by atoms with Gasteiger partial charge in [-0.1, -0.05) is 18.6 Å². The van der Waals surface area contributed by atoms with E-state index >= 15 is 0 Å². The topological polar surface area (TPSA) is 109 Å². The van der Waals surface area contributed by atoms with Gasteiger partial charge in [-0.25, -0.2) is 14.3 Å². The van der Waals surface area contributed by atoms with Gasteiger partial charge in [-0.3, -0.25) is 0 Å². The average molecular weight is 310 g/mol. The van der Waals surface area contributed by atoms with E-state index in [0.717, 1.165) is 25.7 Å². The zero-order chi connectivity index (χ0) is 16.1. The van der Waals surface area contributed by atoms with Crippen LogP contribution in [0.4, 0.5) is 5.82 Å². The van der Waals surface area contributed by atoms with Crippen molar-refractivity contribution in [3.05, 3.63) is 5.69 Å². The number of carbonyl (C=O) groups excluding carboxylic acids is 2. The van der Waals surface area contributed by atoms with Crippen LogP contribution in [-0.4, -0.2) is 40.1 Å². The summed E-state index contributed by atoms with van der Waals surface area (Å²) in [5, 5.41) is 7.58. The van der Waals surface area contributed by atoms with Crippen LogP contribution in [0.25, 0.3) is 0 Å². The molecule has 0 spiro atoms. The van der Waals surface area contributed by atoms with E-state index < -0.39 is 18.0 Å². The molecule has 0 aliphatic heterocycles. The summed E-state index contributed by atoms with van der Waals surface area (Å²) in [6.45, 7) is 1.79. The molecule has 1 aliphatic rings. The van der Waals surface area contributed by atoms with Gasteiger partial charge in [-0.2, -0.15) is 0 Å². The molecule has 1 aromatic rings. The number of ether oxygens (including phenoxy) is 2. The number of methoxy groups -OCH3 is 1. The number of hydrogen-bond acceptors (Lipinski definition) is 7. The van der Waals surface area contributed by atoms with Gasteiger partial charge in [0.15, 0.2) is 11.9 Å². The largest absolute Gasteiger partial charge is 0.467 e. The summed E-state index contributed by atoms with van der Waals surface area (Å²) >= 11 is 0. The van der Waals surface area contributed by atoms with Crippen LogP contribution in [0, 0.1) is 0 Å². The quantitative estimate of drug-likeness (QED) is 0.820. The molecule has 0 saturated heterocycles. The Morgan fingerprint density at radius 1 is 1.36 bits per heavy atom. The van der Waals surface area contributed by atoms with Gasteiger partial charge in [0.05, 0.1) is 7.11 Å². The molecule has 2 rings (SSSR count). The van der Waals surface area contributed by atoms with Crippen LogP contribution in [0.5, 0.6) is 0 Å². The van der Waals surface area contributed by atoms with Crippen molar-refractivity contribution in [2.24, 2.45) is 0 Å². The smallest absolute Gasteiger partial charge is 0.363 e. The molecule has 1 fully saturated rings. The lowest BCUT2D eigenvalue weighted by molar-refractivity contribution is -0.145. The number of nitrogen functional groups attached to an aromatic ring is 1. The molecule has 1 aromatic heterocycles. The van der Waals surface area contributed by atoms with Crippen LogP contribution < -0.4 is 5.73 Å². The minimum atomic E-state index is -0.700. The fourth-order valence-electron chi connectivity index (χ4n) is 2.64. The standard InChI is InChI=1S/C14H22N4O4/c1-3-10(13(19)21-2)18-12(15)11(16-17-18)14(20)22-9-7-5-4-6-8-9/h9-10H,3-8,15H2,1-2H3. The van der Waals surface area contributed by atoms with E-state index in [1.807, 2.05) is 0 Å². The van der Waals surface area contributed by atoms with Gasteiger partial charge in [0.25, 0.3) is 0 Å². The first-order valence-electron chi connectivity index (χ1n) is 7.58. The number of aromatic nitrogens is 3. The first-order valence-corrected chi connectivity index (χ1v) is 7.58. The molecule has 1 heterocycles. The molecule has 1 saturated carbocycles. The van der Waals surface area contributed by atoms with E-state index in [1.54, 1.807) is 6.92 Å². The number of anilines is 1. The lowest BCUT2D eigenvalue weighted by Gasteiger charge is -2.21. The van der Waals surface area contributed by atoms with Crippen LogP contribution in [0.3, 0.4) is 0 Å². The second kappa shape index (κ2) is 7.24. The monoisotopic (exact) mass is 310 g/mol. The fraction of sp³-hybridized carbons (Fsp3) is 0.714. The van der Waals surface area contributed by atoms with Crippen LogP contribution >= 0.6 is 0 Å². The Labute approximate surface area is 128 Å². The highest BCUT2D eigenvalue weighted by Crippen LogP contribution is 2.23. The Morgan fingerprint density at radius 3 is 2.64 bits per heavy atom. The van der Waals surface area contributed by atoms with Gasteiger partial charge in [-0.05, 0) is 32.1 Å². The van der Waals surface area contributed by atoms with Crippen molar-refractivity contribution in [2.75, 3.05) is 12.8 Å². The molecule has 0 aromatic carbocycles. The molecule has 1 atom stereocenters. The highest BCUT2D eigenvalue weighted by molar-refractivity contribution is 5.92. The number of esters is 2. The second-order valence-electron chi connectivity index (χ2n) is 5.38. The number of nitrogens with zero attached hydrogens (tertiary/aromatic N) is 3. The van der Waals surface area contributed by atoms with Crippen LogP contribution in [-0.2, 0) is 14.3 Å². The summed E-state index contributed by atoms with van der Waals surface area (Å²) in [4.78, 5) is 23.9. The molecule has 8 heteroatoms. The third kappa shape index (κ3) is 3.37. The molecule has 1 aliphatic carbocycles. The molecule has 2 N–H and O–H groups in total. The van der Waals surface area contributed by atoms with Gasteiger partial charge in [-0.15, -0.1) is 5.10 Å². The molecular weight excluding hydrogens is 288 g/mol. The summed E-state index contributed by atoms with van der Waals surface area (Å²) in [7, 11) is 1.29. The summed E-state index contributed by atoms with van der Waals surface area (Å²) < 4.78 is 11.3. The minimum absolute atomic E-state index is 0.0260. The number of carbonyl (C=O) groups is 2. The van der Waals surface area contributed by atoms with E-state index in [0.29, 0.717) is 6.42 Å². The average Bonchev–Trinajstić information content (AvgIpc) is 2.90. The van der Waals surface area contributed by atoms with Crippen molar-refractivity contribution in [3.8, 4) is 0 Å².